The standard InChI is InChI=1S/C15H16ClFN2S/c16-15-6-5-14(20-15)11-18-7-9-19(10-8-18)13-3-1-12(17)2-4-13/h1-6H,7-11H2. The Labute approximate surface area is 127 Å². The predicted octanol–water partition coefficient (Wildman–Crippen LogP) is 3.86. The quantitative estimate of drug-likeness (QED) is 0.849. The lowest BCUT2D eigenvalue weighted by Gasteiger charge is -2.35. The molecular formula is C15H16ClFN2S. The van der Waals surface area contributed by atoms with Crippen LogP contribution in [0.1, 0.15) is 4.88 Å². The number of rotatable bonds is 3. The van der Waals surface area contributed by atoms with Crippen LogP contribution in [0.3, 0.4) is 0 Å². The topological polar surface area (TPSA) is 6.48 Å². The molecule has 1 aromatic carbocycles. The van der Waals surface area contributed by atoms with E-state index < -0.39 is 0 Å². The van der Waals surface area contributed by atoms with Gasteiger partial charge in [0.1, 0.15) is 5.82 Å². The molecule has 0 amide bonds. The van der Waals surface area contributed by atoms with Gasteiger partial charge in [-0.2, -0.15) is 0 Å². The number of hydrogen-bond donors (Lipinski definition) is 0. The molecule has 2 aromatic rings. The number of hydrogen-bond acceptors (Lipinski definition) is 3. The molecule has 0 atom stereocenters. The molecule has 20 heavy (non-hydrogen) atoms. The van der Waals surface area contributed by atoms with Gasteiger partial charge < -0.3 is 4.90 Å². The Bertz CT molecular complexity index is 562. The third-order valence-electron chi connectivity index (χ3n) is 3.57. The molecule has 0 N–H and O–H groups in total. The highest BCUT2D eigenvalue weighted by Crippen LogP contribution is 2.24. The van der Waals surface area contributed by atoms with Crippen LogP contribution in [0.5, 0.6) is 0 Å². The van der Waals surface area contributed by atoms with E-state index in [2.05, 4.69) is 15.9 Å². The van der Waals surface area contributed by atoms with Crippen molar-refractivity contribution >= 4 is 28.6 Å². The fraction of sp³-hybridized carbons (Fsp3) is 0.333. The molecule has 2 nitrogen and oxygen atoms in total. The van der Waals surface area contributed by atoms with Crippen LogP contribution in [0, 0.1) is 5.82 Å². The Hall–Kier alpha value is -1.10. The highest BCUT2D eigenvalue weighted by molar-refractivity contribution is 7.16. The first-order chi connectivity index (χ1) is 9.70. The van der Waals surface area contributed by atoms with Gasteiger partial charge in [-0.15, -0.1) is 11.3 Å². The number of piperazine rings is 1. The highest BCUT2D eigenvalue weighted by Gasteiger charge is 2.17. The summed E-state index contributed by atoms with van der Waals surface area (Å²) in [7, 11) is 0. The molecule has 1 aliphatic heterocycles. The van der Waals surface area contributed by atoms with Crippen molar-refractivity contribution < 1.29 is 4.39 Å². The van der Waals surface area contributed by atoms with E-state index in [1.54, 1.807) is 11.3 Å². The lowest BCUT2D eigenvalue weighted by Crippen LogP contribution is -2.45. The largest absolute Gasteiger partial charge is 0.369 e. The second-order valence-corrected chi connectivity index (χ2v) is 6.75. The van der Waals surface area contributed by atoms with E-state index in [0.29, 0.717) is 0 Å². The average molecular weight is 311 g/mol. The van der Waals surface area contributed by atoms with Crippen LogP contribution in [0.25, 0.3) is 0 Å². The smallest absolute Gasteiger partial charge is 0.123 e. The maximum absolute atomic E-state index is 12.9. The summed E-state index contributed by atoms with van der Waals surface area (Å²) in [6.45, 7) is 4.96. The molecule has 3 rings (SSSR count). The molecule has 0 spiro atoms. The Morgan fingerprint density at radius 3 is 2.30 bits per heavy atom. The number of benzene rings is 1. The minimum absolute atomic E-state index is 0.179. The van der Waals surface area contributed by atoms with Crippen LogP contribution in [-0.4, -0.2) is 31.1 Å². The fourth-order valence-electron chi connectivity index (χ4n) is 2.47. The van der Waals surface area contributed by atoms with Gasteiger partial charge in [0.2, 0.25) is 0 Å². The van der Waals surface area contributed by atoms with Gasteiger partial charge in [-0.1, -0.05) is 11.6 Å². The van der Waals surface area contributed by atoms with Crippen LogP contribution in [0.15, 0.2) is 36.4 Å². The van der Waals surface area contributed by atoms with Crippen molar-refractivity contribution in [2.24, 2.45) is 0 Å². The van der Waals surface area contributed by atoms with E-state index in [1.807, 2.05) is 18.2 Å². The Kier molecular flexibility index (Phi) is 4.24. The van der Waals surface area contributed by atoms with Gasteiger partial charge in [-0.05, 0) is 36.4 Å². The second-order valence-electron chi connectivity index (χ2n) is 4.95. The number of halogens is 2. The monoisotopic (exact) mass is 310 g/mol. The van der Waals surface area contributed by atoms with Gasteiger partial charge in [0.25, 0.3) is 0 Å². The zero-order valence-corrected chi connectivity index (χ0v) is 12.6. The molecule has 0 radical (unpaired) electrons. The van der Waals surface area contributed by atoms with Gasteiger partial charge in [0.15, 0.2) is 0 Å². The maximum atomic E-state index is 12.9. The molecule has 0 saturated carbocycles. The molecule has 1 saturated heterocycles. The maximum Gasteiger partial charge on any atom is 0.123 e. The normalized spacial score (nSPS) is 16.6. The van der Waals surface area contributed by atoms with Gasteiger partial charge in [0, 0.05) is 43.3 Å². The molecule has 106 valence electrons. The molecule has 1 fully saturated rings. The summed E-state index contributed by atoms with van der Waals surface area (Å²) in [5.41, 5.74) is 1.10. The van der Waals surface area contributed by atoms with Gasteiger partial charge in [0.05, 0.1) is 4.34 Å². The van der Waals surface area contributed by atoms with Crippen molar-refractivity contribution in [3.8, 4) is 0 Å². The summed E-state index contributed by atoms with van der Waals surface area (Å²) in [6.07, 6.45) is 0. The summed E-state index contributed by atoms with van der Waals surface area (Å²) in [5, 5.41) is 0. The summed E-state index contributed by atoms with van der Waals surface area (Å²) < 4.78 is 13.8. The van der Waals surface area contributed by atoms with E-state index >= 15 is 0 Å². The molecular weight excluding hydrogens is 295 g/mol. The molecule has 5 heteroatoms. The van der Waals surface area contributed by atoms with E-state index in [4.69, 9.17) is 11.6 Å². The van der Waals surface area contributed by atoms with Crippen molar-refractivity contribution in [2.45, 2.75) is 6.54 Å². The van der Waals surface area contributed by atoms with Crippen LogP contribution >= 0.6 is 22.9 Å². The first-order valence-corrected chi connectivity index (χ1v) is 7.87. The zero-order valence-electron chi connectivity index (χ0n) is 11.1. The third kappa shape index (κ3) is 3.32. The average Bonchev–Trinajstić information content (AvgIpc) is 2.86. The summed E-state index contributed by atoms with van der Waals surface area (Å²) >= 11 is 7.60. The van der Waals surface area contributed by atoms with Crippen molar-refractivity contribution in [1.29, 1.82) is 0 Å². The number of thiophene rings is 1. The van der Waals surface area contributed by atoms with Crippen molar-refractivity contribution in [3.05, 3.63) is 51.4 Å². The fourth-order valence-corrected chi connectivity index (χ4v) is 3.60. The van der Waals surface area contributed by atoms with E-state index in [0.717, 1.165) is 42.7 Å². The molecule has 0 unspecified atom stereocenters. The number of nitrogens with zero attached hydrogens (tertiary/aromatic N) is 2. The zero-order chi connectivity index (χ0) is 13.9. The number of anilines is 1. The summed E-state index contributed by atoms with van der Waals surface area (Å²) in [5.74, 6) is -0.179. The molecule has 0 aliphatic carbocycles. The van der Waals surface area contributed by atoms with Gasteiger partial charge in [-0.3, -0.25) is 4.90 Å². The highest BCUT2D eigenvalue weighted by atomic mass is 35.5. The van der Waals surface area contributed by atoms with Crippen LogP contribution in [-0.2, 0) is 6.54 Å². The molecule has 1 aliphatic rings. The predicted molar refractivity (Wildman–Crippen MR) is 83.2 cm³/mol. The van der Waals surface area contributed by atoms with Crippen molar-refractivity contribution in [3.63, 3.8) is 0 Å². The van der Waals surface area contributed by atoms with Crippen molar-refractivity contribution in [2.75, 3.05) is 31.1 Å². The summed E-state index contributed by atoms with van der Waals surface area (Å²) in [6, 6.07) is 10.8. The Morgan fingerprint density at radius 1 is 1.00 bits per heavy atom. The molecule has 1 aromatic heterocycles. The van der Waals surface area contributed by atoms with Crippen LogP contribution in [0.2, 0.25) is 4.34 Å². The SMILES string of the molecule is Fc1ccc(N2CCN(Cc3ccc(Cl)s3)CC2)cc1. The first kappa shape index (κ1) is 13.9. The van der Waals surface area contributed by atoms with E-state index in [-0.39, 0.29) is 5.82 Å². The summed E-state index contributed by atoms with van der Waals surface area (Å²) in [4.78, 5) is 6.05. The Balaban J connectivity index is 1.55. The lowest BCUT2D eigenvalue weighted by atomic mass is 10.2. The minimum Gasteiger partial charge on any atom is -0.369 e. The third-order valence-corrected chi connectivity index (χ3v) is 4.79. The lowest BCUT2D eigenvalue weighted by molar-refractivity contribution is 0.252. The van der Waals surface area contributed by atoms with Crippen LogP contribution < -0.4 is 4.90 Å². The van der Waals surface area contributed by atoms with Gasteiger partial charge >= 0.3 is 0 Å². The molecule has 0 bridgehead atoms. The van der Waals surface area contributed by atoms with E-state index in [1.165, 1.54) is 17.0 Å². The Morgan fingerprint density at radius 2 is 1.70 bits per heavy atom. The second kappa shape index (κ2) is 6.12. The van der Waals surface area contributed by atoms with Gasteiger partial charge in [-0.25, -0.2) is 4.39 Å². The molecule has 2 heterocycles. The van der Waals surface area contributed by atoms with Crippen molar-refractivity contribution in [1.82, 2.24) is 4.90 Å². The first-order valence-electron chi connectivity index (χ1n) is 6.68. The van der Waals surface area contributed by atoms with E-state index in [9.17, 15) is 4.39 Å². The minimum atomic E-state index is -0.179. The van der Waals surface area contributed by atoms with Crippen LogP contribution in [0.4, 0.5) is 10.1 Å².